The molecule has 18 heteroatoms. The standard InChI is InChI=1S/3C3H7NO3.2C2H5NO2/c3*4-2(1-5)3(6)7;2*3-1-2(4)5/h3*2,5H,1,4H2,(H,6,7);2*1,3H2,(H,4,5)/t3*2-;;/m000../s1. The Hall–Kier alpha value is -2.97. The van der Waals surface area contributed by atoms with Crippen molar-refractivity contribution >= 4 is 29.8 Å². The first-order valence-electron chi connectivity index (χ1n) is 7.70. The Morgan fingerprint density at radius 1 is 0.516 bits per heavy atom. The van der Waals surface area contributed by atoms with Crippen molar-refractivity contribution in [2.24, 2.45) is 28.7 Å². The van der Waals surface area contributed by atoms with Crippen LogP contribution in [0.25, 0.3) is 0 Å². The summed E-state index contributed by atoms with van der Waals surface area (Å²) in [5.74, 6) is -5.47. The minimum absolute atomic E-state index is 0.278. The molecule has 18 nitrogen and oxygen atoms in total. The Morgan fingerprint density at radius 3 is 0.645 bits per heavy atom. The third kappa shape index (κ3) is 46.8. The molecule has 0 aliphatic rings. The van der Waals surface area contributed by atoms with E-state index in [9.17, 15) is 24.0 Å². The maximum atomic E-state index is 9.65. The van der Waals surface area contributed by atoms with E-state index in [2.05, 4.69) is 11.5 Å². The fourth-order valence-electron chi connectivity index (χ4n) is 0.234. The number of hydrogen-bond acceptors (Lipinski definition) is 13. The molecule has 3 atom stereocenters. The molecule has 0 amide bonds. The van der Waals surface area contributed by atoms with E-state index in [0.29, 0.717) is 0 Å². The largest absolute Gasteiger partial charge is 0.480 e. The Bertz CT molecular complexity index is 445. The van der Waals surface area contributed by atoms with Crippen molar-refractivity contribution in [3.05, 3.63) is 0 Å². The highest BCUT2D eigenvalue weighted by atomic mass is 16.4. The molecule has 0 rings (SSSR count). The van der Waals surface area contributed by atoms with Crippen LogP contribution in [0, 0.1) is 0 Å². The van der Waals surface area contributed by atoms with Crippen LogP contribution in [0.3, 0.4) is 0 Å². The summed E-state index contributed by atoms with van der Waals surface area (Å²) in [5, 5.41) is 62.9. The molecule has 0 saturated heterocycles. The monoisotopic (exact) mass is 465 g/mol. The second kappa shape index (κ2) is 27.0. The minimum Gasteiger partial charge on any atom is -0.480 e. The smallest absolute Gasteiger partial charge is 0.322 e. The van der Waals surface area contributed by atoms with Crippen molar-refractivity contribution in [2.45, 2.75) is 18.1 Å². The van der Waals surface area contributed by atoms with Gasteiger partial charge in [0.25, 0.3) is 0 Å². The number of nitrogens with two attached hydrogens (primary N) is 5. The van der Waals surface area contributed by atoms with Crippen LogP contribution < -0.4 is 28.7 Å². The lowest BCUT2D eigenvalue weighted by Gasteiger charge is -1.96. The van der Waals surface area contributed by atoms with Crippen molar-refractivity contribution in [3.8, 4) is 0 Å². The van der Waals surface area contributed by atoms with E-state index >= 15 is 0 Å². The average molecular weight is 465 g/mol. The predicted octanol–water partition coefficient (Wildman–Crippen LogP) is -6.77. The molecule has 0 radical (unpaired) electrons. The van der Waals surface area contributed by atoms with Gasteiger partial charge in [-0.2, -0.15) is 0 Å². The maximum absolute atomic E-state index is 9.65. The van der Waals surface area contributed by atoms with Crippen molar-refractivity contribution in [3.63, 3.8) is 0 Å². The molecular formula is C13H31N5O13. The van der Waals surface area contributed by atoms with Crippen LogP contribution in [0.1, 0.15) is 0 Å². The molecule has 0 spiro atoms. The number of aliphatic hydroxyl groups excluding tert-OH is 3. The van der Waals surface area contributed by atoms with Crippen molar-refractivity contribution in [1.82, 2.24) is 0 Å². The quantitative estimate of drug-likeness (QED) is 0.158. The van der Waals surface area contributed by atoms with Gasteiger partial charge < -0.3 is 69.5 Å². The molecule has 186 valence electrons. The normalized spacial score (nSPS) is 11.5. The van der Waals surface area contributed by atoms with Gasteiger partial charge in [-0.05, 0) is 0 Å². The molecule has 0 bridgehead atoms. The average Bonchev–Trinajstić information content (AvgIpc) is 2.72. The number of carboxylic acid groups (broad SMARTS) is 5. The van der Waals surface area contributed by atoms with Crippen molar-refractivity contribution in [2.75, 3.05) is 32.9 Å². The lowest BCUT2D eigenvalue weighted by atomic mass is 10.3. The number of aliphatic hydroxyl groups is 3. The van der Waals surface area contributed by atoms with Crippen LogP contribution in [-0.4, -0.2) is 122 Å². The zero-order valence-electron chi connectivity index (χ0n) is 16.3. The van der Waals surface area contributed by atoms with Gasteiger partial charge in [-0.25, -0.2) is 0 Å². The van der Waals surface area contributed by atoms with E-state index in [1.807, 2.05) is 0 Å². The topological polar surface area (TPSA) is 377 Å². The van der Waals surface area contributed by atoms with Gasteiger partial charge >= 0.3 is 29.8 Å². The first-order valence-corrected chi connectivity index (χ1v) is 7.70. The van der Waals surface area contributed by atoms with Crippen LogP contribution >= 0.6 is 0 Å². The second-order valence-electron chi connectivity index (χ2n) is 4.58. The van der Waals surface area contributed by atoms with Crippen molar-refractivity contribution in [1.29, 1.82) is 0 Å². The Morgan fingerprint density at radius 2 is 0.645 bits per heavy atom. The van der Waals surface area contributed by atoms with E-state index in [1.165, 1.54) is 0 Å². The summed E-state index contributed by atoms with van der Waals surface area (Å²) in [7, 11) is 0. The Balaban J connectivity index is -0.0000000917. The van der Waals surface area contributed by atoms with Crippen LogP contribution in [-0.2, 0) is 24.0 Å². The van der Waals surface area contributed by atoms with Gasteiger partial charge in [-0.1, -0.05) is 0 Å². The maximum Gasteiger partial charge on any atom is 0.322 e. The van der Waals surface area contributed by atoms with Gasteiger partial charge in [0.15, 0.2) is 0 Å². The Kier molecular flexibility index (Phi) is 33.7. The van der Waals surface area contributed by atoms with Gasteiger partial charge in [0.2, 0.25) is 0 Å². The van der Waals surface area contributed by atoms with E-state index in [-0.39, 0.29) is 13.1 Å². The second-order valence-corrected chi connectivity index (χ2v) is 4.58. The summed E-state index contributed by atoms with van der Waals surface area (Å²) in [6, 6.07) is -3.38. The number of carboxylic acids is 5. The fraction of sp³-hybridized carbons (Fsp3) is 0.615. The molecule has 0 heterocycles. The molecule has 18 N–H and O–H groups in total. The van der Waals surface area contributed by atoms with Gasteiger partial charge in [0.05, 0.1) is 32.9 Å². The molecular weight excluding hydrogens is 434 g/mol. The number of rotatable bonds is 8. The molecule has 0 saturated carbocycles. The summed E-state index contributed by atoms with van der Waals surface area (Å²) in [4.78, 5) is 47.4. The summed E-state index contributed by atoms with van der Waals surface area (Å²) in [6.07, 6.45) is 0. The van der Waals surface area contributed by atoms with Crippen molar-refractivity contribution < 1.29 is 64.8 Å². The van der Waals surface area contributed by atoms with Gasteiger partial charge in [0, 0.05) is 0 Å². The van der Waals surface area contributed by atoms with E-state index in [1.54, 1.807) is 0 Å². The third-order valence-corrected chi connectivity index (χ3v) is 1.89. The number of aliphatic carboxylic acids is 5. The summed E-state index contributed by atoms with van der Waals surface area (Å²) in [6.45, 7) is -2.07. The van der Waals surface area contributed by atoms with Crippen LogP contribution in [0.4, 0.5) is 0 Å². The van der Waals surface area contributed by atoms with Gasteiger partial charge in [0.1, 0.15) is 18.1 Å². The highest BCUT2D eigenvalue weighted by Gasteiger charge is 2.08. The molecule has 0 fully saturated rings. The zero-order chi connectivity index (χ0) is 26.2. The van der Waals surface area contributed by atoms with Crippen LogP contribution in [0.2, 0.25) is 0 Å². The summed E-state index contributed by atoms with van der Waals surface area (Å²) >= 11 is 0. The summed E-state index contributed by atoms with van der Waals surface area (Å²) < 4.78 is 0. The first-order chi connectivity index (χ1) is 14.1. The van der Waals surface area contributed by atoms with Gasteiger partial charge in [-0.15, -0.1) is 0 Å². The van der Waals surface area contributed by atoms with Crippen LogP contribution in [0.5, 0.6) is 0 Å². The van der Waals surface area contributed by atoms with Crippen LogP contribution in [0.15, 0.2) is 0 Å². The third-order valence-electron chi connectivity index (χ3n) is 1.89. The fourth-order valence-corrected chi connectivity index (χ4v) is 0.234. The highest BCUT2D eigenvalue weighted by molar-refractivity contribution is 5.73. The summed E-state index contributed by atoms with van der Waals surface area (Å²) in [5.41, 5.74) is 23.4. The SMILES string of the molecule is NCC(=O)O.NCC(=O)O.N[C@@H](CO)C(=O)O.N[C@@H](CO)C(=O)O.N[C@@H](CO)C(=O)O. The Labute approximate surface area is 175 Å². The van der Waals surface area contributed by atoms with Gasteiger partial charge in [-0.3, -0.25) is 24.0 Å². The highest BCUT2D eigenvalue weighted by Crippen LogP contribution is 1.72. The molecule has 31 heavy (non-hydrogen) atoms. The molecule has 0 unspecified atom stereocenters. The van der Waals surface area contributed by atoms with E-state index < -0.39 is 67.8 Å². The molecule has 0 aromatic rings. The number of hydrogen-bond donors (Lipinski definition) is 13. The number of carbonyl (C=O) groups is 5. The first kappa shape index (κ1) is 38.6. The predicted molar refractivity (Wildman–Crippen MR) is 101 cm³/mol. The lowest BCUT2D eigenvalue weighted by molar-refractivity contribution is -0.140. The molecule has 0 aromatic heterocycles. The van der Waals surface area contributed by atoms with E-state index in [4.69, 9.17) is 58.1 Å². The van der Waals surface area contributed by atoms with E-state index in [0.717, 1.165) is 0 Å². The molecule has 0 aromatic carbocycles. The molecule has 0 aliphatic carbocycles. The minimum atomic E-state index is -1.18. The lowest BCUT2D eigenvalue weighted by Crippen LogP contribution is -2.33. The molecule has 0 aliphatic heterocycles. The zero-order valence-corrected chi connectivity index (χ0v) is 16.3.